The monoisotopic (exact) mass is 227 g/mol. The number of hydrogen-bond donors (Lipinski definition) is 1. The molecule has 2 heterocycles. The molecule has 0 aromatic carbocycles. The Bertz CT molecular complexity index is 317. The van der Waals surface area contributed by atoms with Crippen LogP contribution in [0.15, 0.2) is 12.4 Å². The van der Waals surface area contributed by atoms with E-state index < -0.39 is 0 Å². The maximum absolute atomic E-state index is 9.50. The van der Waals surface area contributed by atoms with E-state index in [9.17, 15) is 5.11 Å². The lowest BCUT2D eigenvalue weighted by molar-refractivity contribution is 0.0661. The van der Waals surface area contributed by atoms with E-state index in [2.05, 4.69) is 14.9 Å². The average Bonchev–Trinajstić information content (AvgIpc) is 2.22. The van der Waals surface area contributed by atoms with Gasteiger partial charge in [0.15, 0.2) is 0 Å². The lowest BCUT2D eigenvalue weighted by Crippen LogP contribution is -2.37. The number of rotatable bonds is 2. The number of likely N-dealkylation sites (tertiary alicyclic amines) is 1. The molecule has 1 aromatic heterocycles. The summed E-state index contributed by atoms with van der Waals surface area (Å²) in [5.74, 6) is 0. The molecule has 2 rings (SSSR count). The molecule has 0 unspecified atom stereocenters. The van der Waals surface area contributed by atoms with Gasteiger partial charge in [0.25, 0.3) is 0 Å². The number of aliphatic hydroxyl groups is 1. The van der Waals surface area contributed by atoms with Crippen molar-refractivity contribution in [1.82, 2.24) is 14.9 Å². The van der Waals surface area contributed by atoms with Gasteiger partial charge in [-0.25, -0.2) is 4.98 Å². The van der Waals surface area contributed by atoms with Crippen molar-refractivity contribution in [3.05, 3.63) is 23.2 Å². The number of aromatic nitrogens is 2. The number of halogens is 1. The SMILES string of the molecule is O[C@H]1CCCN(Cc2cnc(Cl)cn2)C1. The minimum Gasteiger partial charge on any atom is -0.392 e. The van der Waals surface area contributed by atoms with Gasteiger partial charge in [-0.1, -0.05) is 11.6 Å². The summed E-state index contributed by atoms with van der Waals surface area (Å²) >= 11 is 5.65. The molecule has 0 radical (unpaired) electrons. The highest BCUT2D eigenvalue weighted by Gasteiger charge is 2.17. The van der Waals surface area contributed by atoms with Crippen LogP contribution in [0.5, 0.6) is 0 Å². The van der Waals surface area contributed by atoms with Gasteiger partial charge in [-0.2, -0.15) is 0 Å². The Balaban J connectivity index is 1.93. The standard InChI is InChI=1S/C10H14ClN3O/c11-10-5-12-8(4-13-10)6-14-3-1-2-9(15)7-14/h4-5,9,15H,1-3,6-7H2/t9-/m0/s1. The van der Waals surface area contributed by atoms with E-state index in [0.717, 1.165) is 38.2 Å². The first-order chi connectivity index (χ1) is 7.24. The normalized spacial score (nSPS) is 22.9. The quantitative estimate of drug-likeness (QED) is 0.822. The largest absolute Gasteiger partial charge is 0.392 e. The predicted octanol–water partition coefficient (Wildman–Crippen LogP) is 1.09. The highest BCUT2D eigenvalue weighted by atomic mass is 35.5. The number of piperidine rings is 1. The van der Waals surface area contributed by atoms with E-state index in [1.165, 1.54) is 0 Å². The van der Waals surface area contributed by atoms with E-state index in [1.54, 1.807) is 12.4 Å². The molecule has 1 N–H and O–H groups in total. The molecule has 82 valence electrons. The van der Waals surface area contributed by atoms with Crippen molar-refractivity contribution in [2.45, 2.75) is 25.5 Å². The molecule has 0 bridgehead atoms. The van der Waals surface area contributed by atoms with Gasteiger partial charge in [-0.3, -0.25) is 9.88 Å². The molecule has 4 nitrogen and oxygen atoms in total. The third-order valence-corrected chi connectivity index (χ3v) is 2.74. The molecule has 15 heavy (non-hydrogen) atoms. The fraction of sp³-hybridized carbons (Fsp3) is 0.600. The van der Waals surface area contributed by atoms with Crippen molar-refractivity contribution in [1.29, 1.82) is 0 Å². The molecule has 1 saturated heterocycles. The molecular formula is C10H14ClN3O. The Kier molecular flexibility index (Phi) is 3.51. The van der Waals surface area contributed by atoms with Crippen LogP contribution in [0.2, 0.25) is 5.15 Å². The zero-order chi connectivity index (χ0) is 10.7. The van der Waals surface area contributed by atoms with Crippen LogP contribution < -0.4 is 0 Å². The fourth-order valence-corrected chi connectivity index (χ4v) is 1.92. The van der Waals surface area contributed by atoms with Crippen LogP contribution in [0.3, 0.4) is 0 Å². The minimum atomic E-state index is -0.195. The van der Waals surface area contributed by atoms with Gasteiger partial charge in [0.05, 0.1) is 24.2 Å². The average molecular weight is 228 g/mol. The minimum absolute atomic E-state index is 0.195. The second-order valence-electron chi connectivity index (χ2n) is 3.86. The molecule has 1 aromatic rings. The Labute approximate surface area is 93.9 Å². The third kappa shape index (κ3) is 3.12. The summed E-state index contributed by atoms with van der Waals surface area (Å²) in [5.41, 5.74) is 0.897. The molecule has 1 fully saturated rings. The zero-order valence-electron chi connectivity index (χ0n) is 8.43. The van der Waals surface area contributed by atoms with Crippen LogP contribution in [-0.4, -0.2) is 39.2 Å². The van der Waals surface area contributed by atoms with Crippen LogP contribution in [0.4, 0.5) is 0 Å². The summed E-state index contributed by atoms with van der Waals surface area (Å²) in [6.07, 6.45) is 4.99. The smallest absolute Gasteiger partial charge is 0.147 e. The molecule has 0 spiro atoms. The summed E-state index contributed by atoms with van der Waals surface area (Å²) in [6, 6.07) is 0. The van der Waals surface area contributed by atoms with Gasteiger partial charge >= 0.3 is 0 Å². The van der Waals surface area contributed by atoms with E-state index >= 15 is 0 Å². The molecule has 0 aliphatic carbocycles. The van der Waals surface area contributed by atoms with Crippen molar-refractivity contribution in [3.63, 3.8) is 0 Å². The van der Waals surface area contributed by atoms with Crippen molar-refractivity contribution < 1.29 is 5.11 Å². The van der Waals surface area contributed by atoms with Crippen LogP contribution >= 0.6 is 11.6 Å². The van der Waals surface area contributed by atoms with E-state index in [1.807, 2.05) is 0 Å². The van der Waals surface area contributed by atoms with E-state index in [4.69, 9.17) is 11.6 Å². The summed E-state index contributed by atoms with van der Waals surface area (Å²) < 4.78 is 0. The fourth-order valence-electron chi connectivity index (χ4n) is 1.82. The molecule has 0 amide bonds. The first kappa shape index (κ1) is 10.8. The van der Waals surface area contributed by atoms with Crippen LogP contribution in [0.25, 0.3) is 0 Å². The Morgan fingerprint density at radius 3 is 3.00 bits per heavy atom. The van der Waals surface area contributed by atoms with Gasteiger partial charge in [0, 0.05) is 13.1 Å². The maximum atomic E-state index is 9.50. The van der Waals surface area contributed by atoms with Gasteiger partial charge in [-0.15, -0.1) is 0 Å². The second kappa shape index (κ2) is 4.88. The van der Waals surface area contributed by atoms with Gasteiger partial charge < -0.3 is 5.11 Å². The van der Waals surface area contributed by atoms with Crippen LogP contribution in [0.1, 0.15) is 18.5 Å². The van der Waals surface area contributed by atoms with Crippen molar-refractivity contribution >= 4 is 11.6 Å². The maximum Gasteiger partial charge on any atom is 0.147 e. The molecule has 1 aliphatic rings. The molecular weight excluding hydrogens is 214 g/mol. The van der Waals surface area contributed by atoms with Gasteiger partial charge in [0.2, 0.25) is 0 Å². The molecule has 0 saturated carbocycles. The number of nitrogens with zero attached hydrogens (tertiary/aromatic N) is 3. The van der Waals surface area contributed by atoms with E-state index in [0.29, 0.717) is 5.15 Å². The van der Waals surface area contributed by atoms with Crippen LogP contribution in [0, 0.1) is 0 Å². The Morgan fingerprint density at radius 2 is 2.33 bits per heavy atom. The van der Waals surface area contributed by atoms with Gasteiger partial charge in [-0.05, 0) is 19.4 Å². The first-order valence-electron chi connectivity index (χ1n) is 5.11. The topological polar surface area (TPSA) is 49.2 Å². The summed E-state index contributed by atoms with van der Waals surface area (Å²) in [6.45, 7) is 2.48. The third-order valence-electron chi connectivity index (χ3n) is 2.54. The number of β-amino-alcohol motifs (C(OH)–C–C–N with tert-alkyl or cyclic N) is 1. The van der Waals surface area contributed by atoms with Gasteiger partial charge in [0.1, 0.15) is 5.15 Å². The molecule has 1 atom stereocenters. The summed E-state index contributed by atoms with van der Waals surface area (Å²) in [5, 5.41) is 9.92. The number of aliphatic hydroxyl groups excluding tert-OH is 1. The van der Waals surface area contributed by atoms with E-state index in [-0.39, 0.29) is 6.10 Å². The first-order valence-corrected chi connectivity index (χ1v) is 5.48. The summed E-state index contributed by atoms with van der Waals surface area (Å²) in [7, 11) is 0. The molecule has 1 aliphatic heterocycles. The lowest BCUT2D eigenvalue weighted by atomic mass is 10.1. The van der Waals surface area contributed by atoms with Crippen molar-refractivity contribution in [2.24, 2.45) is 0 Å². The Morgan fingerprint density at radius 1 is 1.47 bits per heavy atom. The van der Waals surface area contributed by atoms with Crippen molar-refractivity contribution in [2.75, 3.05) is 13.1 Å². The zero-order valence-corrected chi connectivity index (χ0v) is 9.19. The highest BCUT2D eigenvalue weighted by Crippen LogP contribution is 2.12. The Hall–Kier alpha value is -0.710. The van der Waals surface area contributed by atoms with Crippen molar-refractivity contribution in [3.8, 4) is 0 Å². The molecule has 5 heteroatoms. The number of hydrogen-bond acceptors (Lipinski definition) is 4. The lowest BCUT2D eigenvalue weighted by Gasteiger charge is -2.29. The highest BCUT2D eigenvalue weighted by molar-refractivity contribution is 6.29. The predicted molar refractivity (Wildman–Crippen MR) is 57.6 cm³/mol. The second-order valence-corrected chi connectivity index (χ2v) is 4.25. The summed E-state index contributed by atoms with van der Waals surface area (Å²) in [4.78, 5) is 10.3. The van der Waals surface area contributed by atoms with Crippen LogP contribution in [-0.2, 0) is 6.54 Å².